The molecule has 0 amide bonds. The highest BCUT2D eigenvalue weighted by molar-refractivity contribution is 7.89. The molecule has 0 saturated heterocycles. The number of nitrogens with one attached hydrogen (secondary N) is 1. The highest BCUT2D eigenvalue weighted by Gasteiger charge is 2.16. The van der Waals surface area contributed by atoms with Crippen LogP contribution in [-0.2, 0) is 10.0 Å². The molecule has 0 bridgehead atoms. The zero-order chi connectivity index (χ0) is 13.6. The van der Waals surface area contributed by atoms with E-state index in [-0.39, 0.29) is 9.92 Å². The lowest BCUT2D eigenvalue weighted by molar-refractivity contribution is 0.394. The first-order valence-electron chi connectivity index (χ1n) is 5.67. The van der Waals surface area contributed by atoms with Crippen LogP contribution in [0.3, 0.4) is 0 Å². The molecule has 18 heavy (non-hydrogen) atoms. The molecule has 1 rings (SSSR count). The topological polar surface area (TPSA) is 62.3 Å². The average Bonchev–Trinajstić information content (AvgIpc) is 2.28. The number of unbranched alkanes of at least 4 members (excludes halogenated alkanes) is 1. The number of nitrogens with zero attached hydrogens (tertiary/aromatic N) is 2. The van der Waals surface area contributed by atoms with Crippen LogP contribution in [0, 0.1) is 0 Å². The van der Waals surface area contributed by atoms with Crippen molar-refractivity contribution in [3.8, 4) is 0 Å². The Kier molecular flexibility index (Phi) is 6.01. The Hall–Kier alpha value is -0.690. The van der Waals surface area contributed by atoms with E-state index in [0.717, 1.165) is 19.4 Å². The number of sulfonamides is 1. The summed E-state index contributed by atoms with van der Waals surface area (Å²) in [5, 5.41) is 0.186. The lowest BCUT2D eigenvalue weighted by Gasteiger charge is -2.10. The first-order chi connectivity index (χ1) is 8.43. The molecule has 0 fully saturated rings. The summed E-state index contributed by atoms with van der Waals surface area (Å²) in [5.74, 6) is 0. The largest absolute Gasteiger partial charge is 0.309 e. The van der Waals surface area contributed by atoms with E-state index >= 15 is 0 Å². The van der Waals surface area contributed by atoms with E-state index in [4.69, 9.17) is 11.6 Å². The van der Waals surface area contributed by atoms with E-state index in [0.29, 0.717) is 6.54 Å². The number of hydrogen-bond acceptors (Lipinski definition) is 4. The van der Waals surface area contributed by atoms with Crippen LogP contribution in [-0.4, -0.2) is 45.5 Å². The zero-order valence-corrected chi connectivity index (χ0v) is 12.1. The quantitative estimate of drug-likeness (QED) is 0.771. The third-order valence-electron chi connectivity index (χ3n) is 2.35. The van der Waals surface area contributed by atoms with E-state index in [1.165, 1.54) is 18.5 Å². The Balaban J connectivity index is 2.49. The van der Waals surface area contributed by atoms with Crippen molar-refractivity contribution in [2.75, 3.05) is 27.2 Å². The van der Waals surface area contributed by atoms with E-state index in [2.05, 4.69) is 14.6 Å². The summed E-state index contributed by atoms with van der Waals surface area (Å²) in [5.41, 5.74) is 0. The Bertz CT molecular complexity index is 477. The third kappa shape index (κ3) is 4.89. The minimum Gasteiger partial charge on any atom is -0.309 e. The summed E-state index contributed by atoms with van der Waals surface area (Å²) >= 11 is 5.82. The standard InChI is InChI=1S/C11H18ClN3O2S/c1-15(2)8-4-3-6-14-18(16,17)11-9-13-7-5-10(11)12/h5,7,9,14H,3-4,6,8H2,1-2H3. The molecular formula is C11H18ClN3O2S. The molecule has 0 unspecified atom stereocenters. The van der Waals surface area contributed by atoms with Gasteiger partial charge in [-0.1, -0.05) is 11.6 Å². The summed E-state index contributed by atoms with van der Waals surface area (Å²) in [6, 6.07) is 1.46. The second kappa shape index (κ2) is 7.04. The monoisotopic (exact) mass is 291 g/mol. The molecule has 0 radical (unpaired) electrons. The predicted octanol–water partition coefficient (Wildman–Crippen LogP) is 1.36. The van der Waals surface area contributed by atoms with Crippen molar-refractivity contribution in [2.24, 2.45) is 0 Å². The molecular weight excluding hydrogens is 274 g/mol. The maximum atomic E-state index is 11.9. The van der Waals surface area contributed by atoms with Crippen molar-refractivity contribution >= 4 is 21.6 Å². The molecule has 0 aliphatic rings. The SMILES string of the molecule is CN(C)CCCCNS(=O)(=O)c1cnccc1Cl. The van der Waals surface area contributed by atoms with Crippen LogP contribution < -0.4 is 4.72 Å². The highest BCUT2D eigenvalue weighted by atomic mass is 35.5. The molecule has 0 aromatic carbocycles. The van der Waals surface area contributed by atoms with E-state index in [9.17, 15) is 8.42 Å². The van der Waals surface area contributed by atoms with Gasteiger partial charge < -0.3 is 4.90 Å². The van der Waals surface area contributed by atoms with Gasteiger partial charge >= 0.3 is 0 Å². The van der Waals surface area contributed by atoms with Crippen LogP contribution in [0.5, 0.6) is 0 Å². The Morgan fingerprint density at radius 3 is 2.72 bits per heavy atom. The molecule has 1 heterocycles. The summed E-state index contributed by atoms with van der Waals surface area (Å²) < 4.78 is 26.3. The number of pyridine rings is 1. The van der Waals surface area contributed by atoms with Crippen molar-refractivity contribution in [1.29, 1.82) is 0 Å². The van der Waals surface area contributed by atoms with E-state index < -0.39 is 10.0 Å². The third-order valence-corrected chi connectivity index (χ3v) is 4.28. The molecule has 0 saturated carbocycles. The number of aromatic nitrogens is 1. The molecule has 0 atom stereocenters. The molecule has 5 nitrogen and oxygen atoms in total. The summed E-state index contributed by atoms with van der Waals surface area (Å²) in [4.78, 5) is 5.86. The number of halogens is 1. The van der Waals surface area contributed by atoms with Gasteiger partial charge in [0.1, 0.15) is 4.90 Å². The van der Waals surface area contributed by atoms with Crippen LogP contribution in [0.4, 0.5) is 0 Å². The molecule has 1 N–H and O–H groups in total. The first-order valence-corrected chi connectivity index (χ1v) is 7.53. The van der Waals surface area contributed by atoms with Gasteiger partial charge in [0.05, 0.1) is 5.02 Å². The van der Waals surface area contributed by atoms with Crippen LogP contribution >= 0.6 is 11.6 Å². The predicted molar refractivity (Wildman–Crippen MR) is 72.2 cm³/mol. The van der Waals surface area contributed by atoms with Gasteiger partial charge in [-0.15, -0.1) is 0 Å². The van der Waals surface area contributed by atoms with Gasteiger partial charge in [0.2, 0.25) is 10.0 Å². The Labute approximate surface area is 113 Å². The maximum absolute atomic E-state index is 11.9. The Morgan fingerprint density at radius 2 is 2.11 bits per heavy atom. The molecule has 102 valence electrons. The molecule has 0 aliphatic carbocycles. The van der Waals surface area contributed by atoms with Crippen molar-refractivity contribution < 1.29 is 8.42 Å². The van der Waals surface area contributed by atoms with Crippen molar-refractivity contribution in [1.82, 2.24) is 14.6 Å². The van der Waals surface area contributed by atoms with Crippen molar-refractivity contribution in [3.05, 3.63) is 23.5 Å². The maximum Gasteiger partial charge on any atom is 0.243 e. The molecule has 0 aliphatic heterocycles. The molecule has 0 spiro atoms. The van der Waals surface area contributed by atoms with Gasteiger partial charge in [0.25, 0.3) is 0 Å². The lowest BCUT2D eigenvalue weighted by atomic mass is 10.3. The minimum absolute atomic E-state index is 0.0271. The fraction of sp³-hybridized carbons (Fsp3) is 0.545. The minimum atomic E-state index is -3.55. The highest BCUT2D eigenvalue weighted by Crippen LogP contribution is 2.18. The second-order valence-corrected chi connectivity index (χ2v) is 6.36. The lowest BCUT2D eigenvalue weighted by Crippen LogP contribution is -2.26. The van der Waals surface area contributed by atoms with Gasteiger partial charge in [0.15, 0.2) is 0 Å². The summed E-state index contributed by atoms with van der Waals surface area (Å²) in [6.45, 7) is 1.34. The average molecular weight is 292 g/mol. The molecule has 1 aromatic heterocycles. The van der Waals surface area contributed by atoms with Crippen molar-refractivity contribution in [3.63, 3.8) is 0 Å². The molecule has 7 heteroatoms. The van der Waals surface area contributed by atoms with Crippen molar-refractivity contribution in [2.45, 2.75) is 17.7 Å². The van der Waals surface area contributed by atoms with Crippen LogP contribution in [0.25, 0.3) is 0 Å². The summed E-state index contributed by atoms with van der Waals surface area (Å²) in [7, 11) is 0.422. The smallest absolute Gasteiger partial charge is 0.243 e. The van der Waals surface area contributed by atoms with Gasteiger partial charge in [-0.3, -0.25) is 4.98 Å². The second-order valence-electron chi connectivity index (χ2n) is 4.21. The number of hydrogen-bond donors (Lipinski definition) is 1. The van der Waals surface area contributed by atoms with Gasteiger partial charge in [-0.25, -0.2) is 13.1 Å². The molecule has 1 aromatic rings. The first kappa shape index (κ1) is 15.4. The normalized spacial score (nSPS) is 12.0. The van der Waals surface area contributed by atoms with Gasteiger partial charge in [0, 0.05) is 18.9 Å². The van der Waals surface area contributed by atoms with E-state index in [1.54, 1.807) is 0 Å². The zero-order valence-electron chi connectivity index (χ0n) is 10.6. The fourth-order valence-corrected chi connectivity index (χ4v) is 2.90. The van der Waals surface area contributed by atoms with Crippen LogP contribution in [0.1, 0.15) is 12.8 Å². The number of rotatable bonds is 7. The van der Waals surface area contributed by atoms with Crippen LogP contribution in [0.2, 0.25) is 5.02 Å². The fourth-order valence-electron chi connectivity index (χ4n) is 1.40. The van der Waals surface area contributed by atoms with Gasteiger partial charge in [-0.2, -0.15) is 0 Å². The van der Waals surface area contributed by atoms with E-state index in [1.807, 2.05) is 14.1 Å². The van der Waals surface area contributed by atoms with Crippen LogP contribution in [0.15, 0.2) is 23.4 Å². The Morgan fingerprint density at radius 1 is 1.39 bits per heavy atom. The van der Waals surface area contributed by atoms with Gasteiger partial charge in [-0.05, 0) is 39.5 Å². The summed E-state index contributed by atoms with van der Waals surface area (Å²) in [6.07, 6.45) is 4.44.